The van der Waals surface area contributed by atoms with Gasteiger partial charge < -0.3 is 20.1 Å². The molecule has 4 rings (SSSR count). The normalized spacial score (nSPS) is 17.1. The minimum Gasteiger partial charge on any atom is -0.480 e. The predicted molar refractivity (Wildman–Crippen MR) is 133 cm³/mol. The third-order valence-corrected chi connectivity index (χ3v) is 7.67. The van der Waals surface area contributed by atoms with Crippen molar-refractivity contribution in [1.82, 2.24) is 10.2 Å². The lowest BCUT2D eigenvalue weighted by Crippen LogP contribution is -2.51. The summed E-state index contributed by atoms with van der Waals surface area (Å²) in [5.74, 6) is -1.28. The number of likely N-dealkylation sites (N-methyl/N-ethyl adjacent to an activating group) is 1. The quantitative estimate of drug-likeness (QED) is 0.560. The number of ether oxygens (including phenoxy) is 1. The van der Waals surface area contributed by atoms with E-state index in [9.17, 15) is 19.5 Å². The molecular formula is C28H34N2O5. The van der Waals surface area contributed by atoms with Crippen molar-refractivity contribution in [1.29, 1.82) is 0 Å². The molecule has 0 spiro atoms. The van der Waals surface area contributed by atoms with E-state index in [0.29, 0.717) is 6.42 Å². The van der Waals surface area contributed by atoms with Gasteiger partial charge in [0.05, 0.1) is 0 Å². The minimum atomic E-state index is -1.04. The maximum Gasteiger partial charge on any atom is 0.407 e. The van der Waals surface area contributed by atoms with Crippen molar-refractivity contribution in [3.63, 3.8) is 0 Å². The fourth-order valence-electron chi connectivity index (χ4n) is 5.42. The van der Waals surface area contributed by atoms with Gasteiger partial charge >= 0.3 is 12.1 Å². The number of carbonyl (C=O) groups excluding carboxylic acids is 2. The fraction of sp³-hybridized carbons (Fsp3) is 0.464. The SMILES string of the molecule is CC(C(=O)O)N(C)C(=O)CCC1(NC(=O)OCC2c3ccccc3-c3ccccc32)CCCCC1. The molecule has 2 amide bonds. The zero-order chi connectivity index (χ0) is 25.0. The van der Waals surface area contributed by atoms with E-state index in [0.717, 1.165) is 43.2 Å². The van der Waals surface area contributed by atoms with Crippen LogP contribution in [0.25, 0.3) is 11.1 Å². The molecule has 1 unspecified atom stereocenters. The molecule has 2 aliphatic rings. The van der Waals surface area contributed by atoms with Crippen molar-refractivity contribution in [2.75, 3.05) is 13.7 Å². The lowest BCUT2D eigenvalue weighted by molar-refractivity contribution is -0.148. The van der Waals surface area contributed by atoms with E-state index in [1.54, 1.807) is 0 Å². The Morgan fingerprint density at radius 2 is 1.60 bits per heavy atom. The first kappa shape index (κ1) is 24.8. The largest absolute Gasteiger partial charge is 0.480 e. The summed E-state index contributed by atoms with van der Waals surface area (Å²) < 4.78 is 5.77. The van der Waals surface area contributed by atoms with Gasteiger partial charge in [-0.1, -0.05) is 67.8 Å². The first-order chi connectivity index (χ1) is 16.8. The van der Waals surface area contributed by atoms with E-state index in [2.05, 4.69) is 29.6 Å². The summed E-state index contributed by atoms with van der Waals surface area (Å²) in [7, 11) is 1.51. The number of alkyl carbamates (subject to hydrolysis) is 1. The summed E-state index contributed by atoms with van der Waals surface area (Å²) in [5.41, 5.74) is 4.17. The number of carboxylic acids is 1. The van der Waals surface area contributed by atoms with Gasteiger partial charge in [0.15, 0.2) is 0 Å². The molecule has 7 heteroatoms. The van der Waals surface area contributed by atoms with Crippen LogP contribution in [0.3, 0.4) is 0 Å². The lowest BCUT2D eigenvalue weighted by Gasteiger charge is -2.38. The van der Waals surface area contributed by atoms with Crippen molar-refractivity contribution >= 4 is 18.0 Å². The summed E-state index contributed by atoms with van der Waals surface area (Å²) >= 11 is 0. The highest BCUT2D eigenvalue weighted by atomic mass is 16.5. The van der Waals surface area contributed by atoms with E-state index in [1.807, 2.05) is 24.3 Å². The van der Waals surface area contributed by atoms with Crippen LogP contribution in [0.15, 0.2) is 48.5 Å². The predicted octanol–water partition coefficient (Wildman–Crippen LogP) is 4.94. The van der Waals surface area contributed by atoms with Crippen LogP contribution in [-0.4, -0.2) is 53.2 Å². The fourth-order valence-corrected chi connectivity index (χ4v) is 5.42. The second kappa shape index (κ2) is 10.5. The number of amides is 2. The van der Waals surface area contributed by atoms with Gasteiger partial charge in [0.25, 0.3) is 0 Å². The Morgan fingerprint density at radius 3 is 2.17 bits per heavy atom. The van der Waals surface area contributed by atoms with Gasteiger partial charge in [0.1, 0.15) is 12.6 Å². The van der Waals surface area contributed by atoms with Crippen LogP contribution in [0.5, 0.6) is 0 Å². The molecule has 0 saturated heterocycles. The molecule has 2 N–H and O–H groups in total. The van der Waals surface area contributed by atoms with Crippen LogP contribution < -0.4 is 5.32 Å². The van der Waals surface area contributed by atoms with Gasteiger partial charge in [-0.25, -0.2) is 9.59 Å². The Hall–Kier alpha value is -3.35. The third-order valence-electron chi connectivity index (χ3n) is 7.67. The molecule has 35 heavy (non-hydrogen) atoms. The number of rotatable bonds is 8. The summed E-state index contributed by atoms with van der Waals surface area (Å²) in [4.78, 5) is 38.1. The number of hydrogen-bond donors (Lipinski definition) is 2. The number of carboxylic acid groups (broad SMARTS) is 1. The van der Waals surface area contributed by atoms with Crippen LogP contribution >= 0.6 is 0 Å². The maximum absolute atomic E-state index is 13.0. The molecule has 0 aliphatic heterocycles. The second-order valence-corrected chi connectivity index (χ2v) is 9.81. The summed E-state index contributed by atoms with van der Waals surface area (Å²) in [6, 6.07) is 15.5. The standard InChI is InChI=1S/C28H34N2O5/c1-19(26(32)33)30(2)25(31)14-17-28(15-8-3-9-16-28)29-27(34)35-18-24-22-12-6-4-10-20(22)21-11-5-7-13-23(21)24/h4-7,10-13,19,24H,3,8-9,14-18H2,1-2H3,(H,29,34)(H,32,33). The first-order valence-corrected chi connectivity index (χ1v) is 12.4. The summed E-state index contributed by atoms with van der Waals surface area (Å²) in [6.45, 7) is 1.74. The van der Waals surface area contributed by atoms with Crippen LogP contribution in [0.2, 0.25) is 0 Å². The monoisotopic (exact) mass is 478 g/mol. The Labute approximate surface area is 206 Å². The zero-order valence-electron chi connectivity index (χ0n) is 20.5. The van der Waals surface area contributed by atoms with Crippen LogP contribution in [0.4, 0.5) is 4.79 Å². The molecule has 0 radical (unpaired) electrons. The summed E-state index contributed by atoms with van der Waals surface area (Å²) in [6.07, 6.45) is 4.78. The van der Waals surface area contributed by atoms with Crippen LogP contribution in [-0.2, 0) is 14.3 Å². The third kappa shape index (κ3) is 5.34. The van der Waals surface area contributed by atoms with Crippen LogP contribution in [0.1, 0.15) is 68.9 Å². The van der Waals surface area contributed by atoms with Crippen LogP contribution in [0, 0.1) is 0 Å². The van der Waals surface area contributed by atoms with Gasteiger partial charge in [0, 0.05) is 24.9 Å². The Morgan fingerprint density at radius 1 is 1.03 bits per heavy atom. The molecule has 2 aromatic rings. The highest BCUT2D eigenvalue weighted by Crippen LogP contribution is 2.44. The van der Waals surface area contributed by atoms with Gasteiger partial charge in [-0.15, -0.1) is 0 Å². The minimum absolute atomic E-state index is 0.0109. The number of fused-ring (bicyclic) bond motifs is 3. The Bertz CT molecular complexity index is 1050. The second-order valence-electron chi connectivity index (χ2n) is 9.81. The number of aliphatic carboxylic acids is 1. The smallest absolute Gasteiger partial charge is 0.407 e. The molecule has 0 bridgehead atoms. The topological polar surface area (TPSA) is 95.9 Å². The number of nitrogens with zero attached hydrogens (tertiary/aromatic N) is 1. The van der Waals surface area contributed by atoms with E-state index in [-0.39, 0.29) is 24.9 Å². The van der Waals surface area contributed by atoms with Crippen molar-refractivity contribution in [3.8, 4) is 11.1 Å². The van der Waals surface area contributed by atoms with Gasteiger partial charge in [-0.3, -0.25) is 4.79 Å². The number of carbonyl (C=O) groups is 3. The molecule has 1 saturated carbocycles. The van der Waals surface area contributed by atoms with Gasteiger partial charge in [-0.2, -0.15) is 0 Å². The first-order valence-electron chi connectivity index (χ1n) is 12.4. The number of hydrogen-bond acceptors (Lipinski definition) is 4. The highest BCUT2D eigenvalue weighted by molar-refractivity contribution is 5.83. The van der Waals surface area contributed by atoms with E-state index < -0.39 is 23.6 Å². The van der Waals surface area contributed by atoms with E-state index in [4.69, 9.17) is 4.74 Å². The molecular weight excluding hydrogens is 444 g/mol. The van der Waals surface area contributed by atoms with E-state index in [1.165, 1.54) is 30.0 Å². The molecule has 7 nitrogen and oxygen atoms in total. The van der Waals surface area contributed by atoms with Gasteiger partial charge in [0.2, 0.25) is 5.91 Å². The van der Waals surface area contributed by atoms with Gasteiger partial charge in [-0.05, 0) is 48.4 Å². The molecule has 1 atom stereocenters. The Kier molecular flexibility index (Phi) is 7.43. The molecule has 186 valence electrons. The van der Waals surface area contributed by atoms with Crippen molar-refractivity contribution < 1.29 is 24.2 Å². The average molecular weight is 479 g/mol. The summed E-state index contributed by atoms with van der Waals surface area (Å²) in [5, 5.41) is 12.3. The van der Waals surface area contributed by atoms with Crippen molar-refractivity contribution in [2.45, 2.75) is 69.4 Å². The lowest BCUT2D eigenvalue weighted by atomic mass is 9.78. The molecule has 2 aromatic carbocycles. The van der Waals surface area contributed by atoms with Crippen molar-refractivity contribution in [2.24, 2.45) is 0 Å². The molecule has 0 aromatic heterocycles. The Balaban J connectivity index is 1.40. The van der Waals surface area contributed by atoms with E-state index >= 15 is 0 Å². The van der Waals surface area contributed by atoms with Crippen molar-refractivity contribution in [3.05, 3.63) is 59.7 Å². The number of nitrogens with one attached hydrogen (secondary N) is 1. The molecule has 2 aliphatic carbocycles. The number of benzene rings is 2. The molecule has 0 heterocycles. The highest BCUT2D eigenvalue weighted by Gasteiger charge is 2.36. The molecule has 1 fully saturated rings. The zero-order valence-corrected chi connectivity index (χ0v) is 20.5. The maximum atomic E-state index is 13.0. The average Bonchev–Trinajstić information content (AvgIpc) is 3.19.